The molecule has 8 nitrogen and oxygen atoms in total. The predicted molar refractivity (Wildman–Crippen MR) is 97.1 cm³/mol. The van der Waals surface area contributed by atoms with Crippen molar-refractivity contribution in [2.75, 3.05) is 25.3 Å². The molecule has 0 amide bonds. The van der Waals surface area contributed by atoms with E-state index in [1.54, 1.807) is 0 Å². The third-order valence-corrected chi connectivity index (χ3v) is 8.13. The Balaban J connectivity index is 1.80. The fourth-order valence-corrected chi connectivity index (χ4v) is 5.69. The first kappa shape index (κ1) is 21.9. The highest BCUT2D eigenvalue weighted by molar-refractivity contribution is 8.08. The lowest BCUT2D eigenvalue weighted by atomic mass is 9.82. The van der Waals surface area contributed by atoms with Gasteiger partial charge in [-0.25, -0.2) is 17.6 Å². The predicted octanol–water partition coefficient (Wildman–Crippen LogP) is 2.80. The number of rotatable bonds is 9. The van der Waals surface area contributed by atoms with Crippen LogP contribution < -0.4 is 0 Å². The molecule has 0 aromatic carbocycles. The normalized spacial score (nSPS) is 22.2. The first-order valence-electron chi connectivity index (χ1n) is 9.12. The van der Waals surface area contributed by atoms with Gasteiger partial charge in [0.25, 0.3) is 0 Å². The molecular formula is C16H29NO7S2. The van der Waals surface area contributed by atoms with E-state index in [0.29, 0.717) is 38.0 Å². The second-order valence-corrected chi connectivity index (χ2v) is 9.84. The summed E-state index contributed by atoms with van der Waals surface area (Å²) >= 11 is 0.643. The molecule has 0 atom stereocenters. The fourth-order valence-electron chi connectivity index (χ4n) is 3.59. The van der Waals surface area contributed by atoms with Gasteiger partial charge < -0.3 is 4.74 Å². The van der Waals surface area contributed by atoms with Crippen LogP contribution in [0.15, 0.2) is 0 Å². The zero-order valence-corrected chi connectivity index (χ0v) is 17.1. The Labute approximate surface area is 160 Å². The van der Waals surface area contributed by atoms with Gasteiger partial charge in [-0.1, -0.05) is 18.4 Å². The number of ether oxygens (including phenoxy) is 1. The zero-order chi connectivity index (χ0) is 19.0. The summed E-state index contributed by atoms with van der Waals surface area (Å²) in [7, 11) is -2.21. The number of sulfonamides is 1. The molecule has 10 heteroatoms. The van der Waals surface area contributed by atoms with Crippen LogP contribution in [0.5, 0.6) is 0 Å². The van der Waals surface area contributed by atoms with Crippen molar-refractivity contribution in [2.24, 2.45) is 5.92 Å². The van der Waals surface area contributed by atoms with E-state index in [1.165, 1.54) is 17.8 Å². The maximum Gasteiger partial charge on any atom is 0.309 e. The van der Waals surface area contributed by atoms with Crippen LogP contribution in [0.4, 0.5) is 0 Å². The van der Waals surface area contributed by atoms with Crippen molar-refractivity contribution in [3.63, 3.8) is 0 Å². The Morgan fingerprint density at radius 2 is 1.85 bits per heavy atom. The highest BCUT2D eigenvalue weighted by Gasteiger charge is 2.38. The topological polar surface area (TPSA) is 91.4 Å². The van der Waals surface area contributed by atoms with Crippen molar-refractivity contribution in [2.45, 2.75) is 63.9 Å². The third-order valence-electron chi connectivity index (χ3n) is 5.25. The van der Waals surface area contributed by atoms with Crippen LogP contribution >= 0.6 is 12.0 Å². The van der Waals surface area contributed by atoms with Crippen molar-refractivity contribution in [3.8, 4) is 0 Å². The number of nitrogens with zero attached hydrogens (tertiary/aromatic N) is 1. The van der Waals surface area contributed by atoms with Gasteiger partial charge in [0, 0.05) is 13.1 Å². The lowest BCUT2D eigenvalue weighted by Crippen LogP contribution is -2.44. The Morgan fingerprint density at radius 3 is 2.42 bits per heavy atom. The SMILES string of the molecule is CCC1(OC(=O)C2CCN(S(=O)(=O)CSOOOC)CC2)CCCCC1. The van der Waals surface area contributed by atoms with Crippen LogP contribution in [-0.4, -0.2) is 49.6 Å². The monoisotopic (exact) mass is 411 g/mol. The summed E-state index contributed by atoms with van der Waals surface area (Å²) in [5.74, 6) is -0.399. The van der Waals surface area contributed by atoms with E-state index in [1.807, 2.05) is 0 Å². The average molecular weight is 412 g/mol. The van der Waals surface area contributed by atoms with E-state index in [0.717, 1.165) is 32.1 Å². The van der Waals surface area contributed by atoms with Crippen LogP contribution in [0.25, 0.3) is 0 Å². The molecule has 2 fully saturated rings. The number of carbonyl (C=O) groups is 1. The summed E-state index contributed by atoms with van der Waals surface area (Å²) in [6.07, 6.45) is 7.08. The fraction of sp³-hybridized carbons (Fsp3) is 0.938. The van der Waals surface area contributed by atoms with Crippen molar-refractivity contribution >= 4 is 28.0 Å². The molecule has 0 radical (unpaired) electrons. The number of piperidine rings is 1. The summed E-state index contributed by atoms with van der Waals surface area (Å²) in [5, 5.41) is 3.90. The van der Waals surface area contributed by atoms with Crippen LogP contribution in [0.2, 0.25) is 0 Å². The molecule has 0 aromatic heterocycles. The molecule has 1 aliphatic heterocycles. The van der Waals surface area contributed by atoms with Gasteiger partial charge in [0.05, 0.1) is 25.1 Å². The standard InChI is InChI=1S/C16H29NO7S2/c1-3-16(9-5-4-6-10-16)22-15(18)14-7-11-17(12-8-14)26(19,20)13-25-24-23-21-2/h14H,3-13H2,1-2H3. The molecule has 0 unspecified atom stereocenters. The van der Waals surface area contributed by atoms with Gasteiger partial charge in [-0.15, -0.1) is 4.33 Å². The van der Waals surface area contributed by atoms with Gasteiger partial charge in [-0.05, 0) is 44.9 Å². The Bertz CT molecular complexity index is 541. The van der Waals surface area contributed by atoms with Gasteiger partial charge in [0.15, 0.2) is 0 Å². The van der Waals surface area contributed by atoms with E-state index in [2.05, 4.69) is 21.2 Å². The Kier molecular flexibility index (Phi) is 8.62. The lowest BCUT2D eigenvalue weighted by Gasteiger charge is -2.38. The maximum absolute atomic E-state index is 12.6. The zero-order valence-electron chi connectivity index (χ0n) is 15.5. The van der Waals surface area contributed by atoms with Crippen LogP contribution in [0.1, 0.15) is 58.3 Å². The summed E-state index contributed by atoms with van der Waals surface area (Å²) < 4.78 is 36.3. The lowest BCUT2D eigenvalue weighted by molar-refractivity contribution is -0.447. The van der Waals surface area contributed by atoms with E-state index in [9.17, 15) is 13.2 Å². The van der Waals surface area contributed by atoms with Crippen LogP contribution in [-0.2, 0) is 33.8 Å². The van der Waals surface area contributed by atoms with Crippen molar-refractivity contribution in [1.82, 2.24) is 4.31 Å². The van der Waals surface area contributed by atoms with E-state index in [-0.39, 0.29) is 22.6 Å². The molecule has 0 aromatic rings. The third kappa shape index (κ3) is 6.07. The average Bonchev–Trinajstić information content (AvgIpc) is 2.66. The minimum absolute atomic E-state index is 0.169. The summed E-state index contributed by atoms with van der Waals surface area (Å²) in [6.45, 7) is 2.70. The molecule has 1 saturated carbocycles. The number of hydrogen-bond acceptors (Lipinski definition) is 8. The van der Waals surface area contributed by atoms with E-state index >= 15 is 0 Å². The smallest absolute Gasteiger partial charge is 0.309 e. The molecule has 2 aliphatic rings. The van der Waals surface area contributed by atoms with E-state index < -0.39 is 10.0 Å². The van der Waals surface area contributed by atoms with Crippen molar-refractivity contribution < 1.29 is 32.2 Å². The van der Waals surface area contributed by atoms with Gasteiger partial charge in [-0.3, -0.25) is 4.79 Å². The molecule has 1 heterocycles. The summed E-state index contributed by atoms with van der Waals surface area (Å²) in [6, 6.07) is 0. The quantitative estimate of drug-likeness (QED) is 0.188. The molecule has 0 bridgehead atoms. The first-order valence-corrected chi connectivity index (χ1v) is 11.6. The Morgan fingerprint density at radius 1 is 1.19 bits per heavy atom. The van der Waals surface area contributed by atoms with Crippen molar-refractivity contribution in [1.29, 1.82) is 0 Å². The highest BCUT2D eigenvalue weighted by Crippen LogP contribution is 2.36. The summed E-state index contributed by atoms with van der Waals surface area (Å²) in [4.78, 5) is 16.8. The van der Waals surface area contributed by atoms with E-state index in [4.69, 9.17) is 4.74 Å². The molecule has 0 spiro atoms. The van der Waals surface area contributed by atoms with Crippen molar-refractivity contribution in [3.05, 3.63) is 0 Å². The second kappa shape index (κ2) is 10.2. The molecule has 152 valence electrons. The molecule has 1 saturated heterocycles. The minimum Gasteiger partial charge on any atom is -0.459 e. The van der Waals surface area contributed by atoms with Crippen LogP contribution in [0, 0.1) is 5.92 Å². The molecule has 0 N–H and O–H groups in total. The molecule has 26 heavy (non-hydrogen) atoms. The van der Waals surface area contributed by atoms with Gasteiger partial charge in [0.1, 0.15) is 10.7 Å². The number of hydrogen-bond donors (Lipinski definition) is 0. The van der Waals surface area contributed by atoms with Gasteiger partial charge >= 0.3 is 5.97 Å². The Hall–Kier alpha value is -0.390. The largest absolute Gasteiger partial charge is 0.459 e. The maximum atomic E-state index is 12.6. The van der Waals surface area contributed by atoms with Crippen LogP contribution in [0.3, 0.4) is 0 Å². The van der Waals surface area contributed by atoms with Gasteiger partial charge in [-0.2, -0.15) is 0 Å². The first-order chi connectivity index (χ1) is 12.4. The summed E-state index contributed by atoms with van der Waals surface area (Å²) in [5.41, 5.74) is -0.312. The molecule has 2 rings (SSSR count). The minimum atomic E-state index is -3.47. The van der Waals surface area contributed by atoms with Gasteiger partial charge in [0.2, 0.25) is 10.0 Å². The second-order valence-electron chi connectivity index (χ2n) is 6.84. The molecule has 1 aliphatic carbocycles. The number of esters is 1. The number of carbonyl (C=O) groups excluding carboxylic acids is 1. The highest BCUT2D eigenvalue weighted by atomic mass is 32.3. The molecular weight excluding hydrogens is 382 g/mol.